The molecule has 1 aliphatic heterocycles. The average molecular weight is 227 g/mol. The van der Waals surface area contributed by atoms with Crippen molar-refractivity contribution in [3.63, 3.8) is 0 Å². The van der Waals surface area contributed by atoms with Crippen LogP contribution in [-0.4, -0.2) is 42.2 Å². The molecule has 0 aromatic heterocycles. The maximum atomic E-state index is 11.9. The summed E-state index contributed by atoms with van der Waals surface area (Å²) in [7, 11) is 1.79. The van der Waals surface area contributed by atoms with E-state index in [4.69, 9.17) is 5.84 Å². The summed E-state index contributed by atoms with van der Waals surface area (Å²) in [5.41, 5.74) is 0.592. The lowest BCUT2D eigenvalue weighted by atomic mass is 10.2. The number of hydrogen-bond acceptors (Lipinski definition) is 4. The molecule has 1 rings (SSSR count). The molecular formula is C10H17N3OS. The first-order valence-corrected chi connectivity index (χ1v) is 6.03. The summed E-state index contributed by atoms with van der Waals surface area (Å²) >= 11 is 1.53. The number of nitrogens with two attached hydrogens (primary N) is 1. The van der Waals surface area contributed by atoms with Gasteiger partial charge >= 0.3 is 0 Å². The van der Waals surface area contributed by atoms with Crippen molar-refractivity contribution in [1.29, 1.82) is 0 Å². The third kappa shape index (κ3) is 2.54. The van der Waals surface area contributed by atoms with Crippen LogP contribution in [-0.2, 0) is 4.79 Å². The summed E-state index contributed by atoms with van der Waals surface area (Å²) in [5, 5.41) is 1.54. The second-order valence-electron chi connectivity index (χ2n) is 3.34. The van der Waals surface area contributed by atoms with Gasteiger partial charge < -0.3 is 9.91 Å². The molecule has 0 spiro atoms. The van der Waals surface area contributed by atoms with Crippen LogP contribution in [0.3, 0.4) is 0 Å². The van der Waals surface area contributed by atoms with Crippen molar-refractivity contribution in [2.45, 2.75) is 6.92 Å². The Labute approximate surface area is 94.8 Å². The molecule has 0 radical (unpaired) electrons. The molecule has 1 saturated heterocycles. The minimum absolute atomic E-state index is 0.00815. The number of rotatable bonds is 2. The monoisotopic (exact) mass is 227 g/mol. The zero-order chi connectivity index (χ0) is 11.4. The first kappa shape index (κ1) is 12.1. The van der Waals surface area contributed by atoms with Gasteiger partial charge in [-0.25, -0.2) is 5.84 Å². The molecule has 0 aromatic rings. The summed E-state index contributed by atoms with van der Waals surface area (Å²) in [6.45, 7) is 3.28. The SMILES string of the molecule is C/C=C\C(SC)=C1\C(=O)N(C)CCN1N. The van der Waals surface area contributed by atoms with E-state index >= 15 is 0 Å². The van der Waals surface area contributed by atoms with Crippen molar-refractivity contribution in [3.05, 3.63) is 22.8 Å². The lowest BCUT2D eigenvalue weighted by molar-refractivity contribution is -0.130. The van der Waals surface area contributed by atoms with Gasteiger partial charge in [0.15, 0.2) is 0 Å². The van der Waals surface area contributed by atoms with Gasteiger partial charge in [0.25, 0.3) is 5.91 Å². The number of allylic oxidation sites excluding steroid dienone is 2. The number of likely N-dealkylation sites (N-methyl/N-ethyl adjacent to an activating group) is 1. The van der Waals surface area contributed by atoms with Crippen LogP contribution < -0.4 is 5.84 Å². The molecule has 0 aromatic carbocycles. The summed E-state index contributed by atoms with van der Waals surface area (Å²) in [5.74, 6) is 5.81. The fourth-order valence-electron chi connectivity index (χ4n) is 1.42. The van der Waals surface area contributed by atoms with Crippen LogP contribution in [0.1, 0.15) is 6.92 Å². The number of hydrazine groups is 1. The molecule has 0 saturated carbocycles. The lowest BCUT2D eigenvalue weighted by Crippen LogP contribution is -2.50. The molecular weight excluding hydrogens is 210 g/mol. The Balaban J connectivity index is 3.10. The van der Waals surface area contributed by atoms with Gasteiger partial charge in [-0.2, -0.15) is 0 Å². The van der Waals surface area contributed by atoms with Crippen molar-refractivity contribution < 1.29 is 4.79 Å². The molecule has 1 heterocycles. The van der Waals surface area contributed by atoms with Crippen LogP contribution >= 0.6 is 11.8 Å². The maximum Gasteiger partial charge on any atom is 0.272 e. The Hall–Kier alpha value is -0.940. The standard InChI is InChI=1S/C10H17N3OS/c1-4-5-8(15-3)9-10(14)12(2)6-7-13(9)11/h4-5H,6-7,11H2,1-3H3/b5-4-,9-8+. The van der Waals surface area contributed by atoms with E-state index < -0.39 is 0 Å². The highest BCUT2D eigenvalue weighted by molar-refractivity contribution is 8.02. The molecule has 4 nitrogen and oxygen atoms in total. The van der Waals surface area contributed by atoms with Crippen molar-refractivity contribution in [3.8, 4) is 0 Å². The minimum atomic E-state index is -0.00815. The van der Waals surface area contributed by atoms with Crippen LogP contribution in [0.25, 0.3) is 0 Å². The highest BCUT2D eigenvalue weighted by Gasteiger charge is 2.26. The van der Waals surface area contributed by atoms with E-state index in [2.05, 4.69) is 0 Å². The molecule has 0 bridgehead atoms. The van der Waals surface area contributed by atoms with Gasteiger partial charge in [-0.15, -0.1) is 11.8 Å². The molecule has 0 atom stereocenters. The van der Waals surface area contributed by atoms with E-state index in [0.717, 1.165) is 4.91 Å². The maximum absolute atomic E-state index is 11.9. The number of carbonyl (C=O) groups excluding carboxylic acids is 1. The van der Waals surface area contributed by atoms with Gasteiger partial charge in [0.2, 0.25) is 0 Å². The van der Waals surface area contributed by atoms with E-state index in [-0.39, 0.29) is 5.91 Å². The number of piperazine rings is 1. The van der Waals surface area contributed by atoms with Crippen molar-refractivity contribution in [1.82, 2.24) is 9.91 Å². The molecule has 1 fully saturated rings. The van der Waals surface area contributed by atoms with Gasteiger partial charge in [-0.3, -0.25) is 4.79 Å². The van der Waals surface area contributed by atoms with Gasteiger partial charge in [0, 0.05) is 18.5 Å². The minimum Gasteiger partial charge on any atom is -0.339 e. The topological polar surface area (TPSA) is 49.6 Å². The highest BCUT2D eigenvalue weighted by atomic mass is 32.2. The zero-order valence-electron chi connectivity index (χ0n) is 9.36. The Morgan fingerprint density at radius 1 is 1.53 bits per heavy atom. The zero-order valence-corrected chi connectivity index (χ0v) is 10.2. The van der Waals surface area contributed by atoms with Gasteiger partial charge in [-0.05, 0) is 13.2 Å². The predicted octanol–water partition coefficient (Wildman–Crippen LogP) is 0.785. The third-order valence-corrected chi connectivity index (χ3v) is 3.05. The normalized spacial score (nSPS) is 21.5. The fourth-order valence-corrected chi connectivity index (χ4v) is 2.09. The van der Waals surface area contributed by atoms with Crippen molar-refractivity contribution >= 4 is 17.7 Å². The molecule has 15 heavy (non-hydrogen) atoms. The molecule has 0 unspecified atom stereocenters. The number of amides is 1. The molecule has 1 aliphatic rings. The van der Waals surface area contributed by atoms with E-state index in [1.807, 2.05) is 25.3 Å². The number of nitrogens with zero attached hydrogens (tertiary/aromatic N) is 2. The molecule has 84 valence electrons. The predicted molar refractivity (Wildman–Crippen MR) is 63.9 cm³/mol. The van der Waals surface area contributed by atoms with Crippen LogP contribution in [0.2, 0.25) is 0 Å². The Bertz CT molecular complexity index is 312. The van der Waals surface area contributed by atoms with Crippen molar-refractivity contribution in [2.75, 3.05) is 26.4 Å². The Morgan fingerprint density at radius 2 is 2.20 bits per heavy atom. The summed E-state index contributed by atoms with van der Waals surface area (Å²) in [6, 6.07) is 0. The summed E-state index contributed by atoms with van der Waals surface area (Å²) < 4.78 is 0. The van der Waals surface area contributed by atoms with Crippen LogP contribution in [0, 0.1) is 0 Å². The van der Waals surface area contributed by atoms with E-state index in [1.54, 1.807) is 11.9 Å². The van der Waals surface area contributed by atoms with E-state index in [9.17, 15) is 4.79 Å². The number of thioether (sulfide) groups is 1. The van der Waals surface area contributed by atoms with E-state index in [0.29, 0.717) is 18.8 Å². The van der Waals surface area contributed by atoms with Gasteiger partial charge in [-0.1, -0.05) is 12.2 Å². The van der Waals surface area contributed by atoms with E-state index in [1.165, 1.54) is 16.8 Å². The third-order valence-electron chi connectivity index (χ3n) is 2.28. The fraction of sp³-hybridized carbons (Fsp3) is 0.500. The molecule has 0 aliphatic carbocycles. The number of carbonyl (C=O) groups is 1. The molecule has 2 N–H and O–H groups in total. The summed E-state index contributed by atoms with van der Waals surface area (Å²) in [6.07, 6.45) is 5.77. The second kappa shape index (κ2) is 5.23. The Kier molecular flexibility index (Phi) is 4.23. The smallest absolute Gasteiger partial charge is 0.272 e. The Morgan fingerprint density at radius 3 is 2.73 bits per heavy atom. The number of hydrogen-bond donors (Lipinski definition) is 1. The highest BCUT2D eigenvalue weighted by Crippen LogP contribution is 2.23. The van der Waals surface area contributed by atoms with Crippen LogP contribution in [0.5, 0.6) is 0 Å². The van der Waals surface area contributed by atoms with Crippen LogP contribution in [0.15, 0.2) is 22.8 Å². The second-order valence-corrected chi connectivity index (χ2v) is 4.19. The first-order chi connectivity index (χ1) is 7.11. The lowest BCUT2D eigenvalue weighted by Gasteiger charge is -2.33. The largest absolute Gasteiger partial charge is 0.339 e. The van der Waals surface area contributed by atoms with Gasteiger partial charge in [0.1, 0.15) is 5.70 Å². The van der Waals surface area contributed by atoms with Gasteiger partial charge in [0.05, 0.1) is 6.54 Å². The molecule has 1 amide bonds. The average Bonchev–Trinajstić information content (AvgIpc) is 2.22. The summed E-state index contributed by atoms with van der Waals surface area (Å²) in [4.78, 5) is 14.5. The first-order valence-electron chi connectivity index (χ1n) is 4.80. The quantitative estimate of drug-likeness (QED) is 0.559. The van der Waals surface area contributed by atoms with Crippen LogP contribution in [0.4, 0.5) is 0 Å². The van der Waals surface area contributed by atoms with Crippen molar-refractivity contribution in [2.24, 2.45) is 5.84 Å². The molecule has 5 heteroatoms.